The normalized spacial score (nSPS) is 15.4. The molecule has 0 saturated carbocycles. The molecule has 4 rings (SSSR count). The van der Waals surface area contributed by atoms with Crippen molar-refractivity contribution < 1.29 is 50.6 Å². The number of halogens is 6. The number of fused-ring (bicyclic) bond motifs is 1. The average Bonchev–Trinajstić information content (AvgIpc) is 3.43. The number of hydrogen-bond acceptors (Lipinski definition) is 8. The number of alkyl halides is 6. The van der Waals surface area contributed by atoms with Crippen LogP contribution in [0.25, 0.3) is 0 Å². The monoisotopic (exact) mass is 580 g/mol. The Morgan fingerprint density at radius 1 is 1.00 bits per heavy atom. The third kappa shape index (κ3) is 11.3. The average molecular weight is 580 g/mol. The third-order valence-electron chi connectivity index (χ3n) is 5.20. The number of hydrogen-bond donors (Lipinski definition) is 3. The molecule has 0 radical (unpaired) electrons. The third-order valence-corrected chi connectivity index (χ3v) is 5.20. The number of aromatic nitrogens is 4. The van der Waals surface area contributed by atoms with Crippen molar-refractivity contribution in [2.75, 3.05) is 18.4 Å². The Morgan fingerprint density at radius 3 is 2.12 bits per heavy atom. The van der Waals surface area contributed by atoms with Gasteiger partial charge >= 0.3 is 24.3 Å². The lowest BCUT2D eigenvalue weighted by Gasteiger charge is -2.23. The van der Waals surface area contributed by atoms with Crippen LogP contribution in [0.5, 0.6) is 0 Å². The lowest BCUT2D eigenvalue weighted by Crippen LogP contribution is -2.28. The number of rotatable bonds is 6. The van der Waals surface area contributed by atoms with E-state index >= 15 is 0 Å². The molecule has 0 fully saturated rings. The van der Waals surface area contributed by atoms with E-state index in [1.54, 1.807) is 12.4 Å². The fourth-order valence-electron chi connectivity index (χ4n) is 3.49. The molecule has 40 heavy (non-hydrogen) atoms. The molecule has 1 unspecified atom stereocenters. The van der Waals surface area contributed by atoms with Gasteiger partial charge in [-0.3, -0.25) is 9.58 Å². The maximum atomic E-state index is 10.6. The van der Waals surface area contributed by atoms with Crippen LogP contribution in [0, 0.1) is 12.8 Å². The van der Waals surface area contributed by atoms with Crippen LogP contribution >= 0.6 is 0 Å². The number of carboxylic acids is 2. The second kappa shape index (κ2) is 14.3. The second-order valence-corrected chi connectivity index (χ2v) is 8.45. The molecule has 3 aromatic rings. The van der Waals surface area contributed by atoms with E-state index in [-0.39, 0.29) is 0 Å². The maximum Gasteiger partial charge on any atom is 0.490 e. The van der Waals surface area contributed by atoms with Gasteiger partial charge in [0.1, 0.15) is 11.5 Å². The van der Waals surface area contributed by atoms with Crippen molar-refractivity contribution in [2.24, 2.45) is 5.92 Å². The topological polar surface area (TPSA) is 147 Å². The summed E-state index contributed by atoms with van der Waals surface area (Å²) in [5.74, 6) is -2.35. The van der Waals surface area contributed by atoms with E-state index in [0.717, 1.165) is 50.7 Å². The summed E-state index contributed by atoms with van der Waals surface area (Å²) in [7, 11) is 0. The van der Waals surface area contributed by atoms with E-state index in [1.807, 2.05) is 25.3 Å². The van der Waals surface area contributed by atoms with E-state index in [1.165, 1.54) is 5.69 Å². The summed E-state index contributed by atoms with van der Waals surface area (Å²) in [5.41, 5.74) is 1.26. The molecule has 3 N–H and O–H groups in total. The van der Waals surface area contributed by atoms with Crippen molar-refractivity contribution in [1.29, 1.82) is 0 Å². The first-order valence-corrected chi connectivity index (χ1v) is 11.5. The number of anilines is 1. The van der Waals surface area contributed by atoms with Gasteiger partial charge in [0.05, 0.1) is 12.2 Å². The minimum atomic E-state index is -5.08. The Balaban J connectivity index is 0.000000333. The summed E-state index contributed by atoms with van der Waals surface area (Å²) in [6, 6.07) is 8.03. The highest BCUT2D eigenvalue weighted by Crippen LogP contribution is 2.21. The number of nitrogens with one attached hydrogen (secondary N) is 1. The Morgan fingerprint density at radius 2 is 1.60 bits per heavy atom. The van der Waals surface area contributed by atoms with E-state index in [9.17, 15) is 26.3 Å². The molecule has 17 heteroatoms. The molecular weight excluding hydrogens is 554 g/mol. The number of nitrogens with zero attached hydrogens (tertiary/aromatic N) is 5. The van der Waals surface area contributed by atoms with Crippen LogP contribution in [-0.4, -0.2) is 72.2 Å². The van der Waals surface area contributed by atoms with Gasteiger partial charge in [-0.1, -0.05) is 0 Å². The summed E-state index contributed by atoms with van der Waals surface area (Å²) in [4.78, 5) is 28.7. The minimum absolute atomic E-state index is 0.503. The molecule has 220 valence electrons. The van der Waals surface area contributed by atoms with Gasteiger partial charge in [-0.25, -0.2) is 19.6 Å². The fourth-order valence-corrected chi connectivity index (χ4v) is 3.49. The smallest absolute Gasteiger partial charge is 0.475 e. The largest absolute Gasteiger partial charge is 0.490 e. The van der Waals surface area contributed by atoms with Crippen molar-refractivity contribution in [3.8, 4) is 0 Å². The van der Waals surface area contributed by atoms with Gasteiger partial charge in [-0.2, -0.15) is 31.4 Å². The molecule has 11 nitrogen and oxygen atoms in total. The van der Waals surface area contributed by atoms with Crippen LogP contribution in [-0.2, 0) is 29.2 Å². The zero-order valence-electron chi connectivity index (χ0n) is 21.0. The molecule has 3 aromatic heterocycles. The van der Waals surface area contributed by atoms with Gasteiger partial charge in [0.15, 0.2) is 0 Å². The lowest BCUT2D eigenvalue weighted by molar-refractivity contribution is -0.193. The summed E-state index contributed by atoms with van der Waals surface area (Å²) < 4.78 is 71.4. The highest BCUT2D eigenvalue weighted by atomic mass is 19.4. The SMILES string of the molecule is Cc1ccc(CN2Cc3ccnn3CC(CCNc3ncccn3)C2)o1.O=C(O)C(F)(F)F.O=C(O)C(F)(F)F. The van der Waals surface area contributed by atoms with Crippen LogP contribution in [0.15, 0.2) is 47.3 Å². The zero-order valence-corrected chi connectivity index (χ0v) is 21.0. The Labute approximate surface area is 223 Å². The lowest BCUT2D eigenvalue weighted by atomic mass is 10.1. The molecule has 4 heterocycles. The summed E-state index contributed by atoms with van der Waals surface area (Å²) in [6.45, 7) is 6.50. The van der Waals surface area contributed by atoms with Gasteiger partial charge in [0, 0.05) is 44.8 Å². The quantitative estimate of drug-likeness (QED) is 0.366. The van der Waals surface area contributed by atoms with Crippen molar-refractivity contribution >= 4 is 17.9 Å². The molecule has 0 bridgehead atoms. The van der Waals surface area contributed by atoms with Gasteiger partial charge in [-0.05, 0) is 43.5 Å². The summed E-state index contributed by atoms with van der Waals surface area (Å²) in [6.07, 6.45) is -3.73. The van der Waals surface area contributed by atoms with Crippen molar-refractivity contribution in [3.05, 3.63) is 60.1 Å². The van der Waals surface area contributed by atoms with E-state index in [0.29, 0.717) is 11.9 Å². The number of carbonyl (C=O) groups is 2. The van der Waals surface area contributed by atoms with Gasteiger partial charge in [-0.15, -0.1) is 0 Å². The van der Waals surface area contributed by atoms with Crippen molar-refractivity contribution in [2.45, 2.75) is 45.3 Å². The first-order valence-electron chi connectivity index (χ1n) is 11.5. The maximum absolute atomic E-state index is 10.6. The summed E-state index contributed by atoms with van der Waals surface area (Å²) in [5, 5.41) is 22.1. The van der Waals surface area contributed by atoms with Crippen LogP contribution in [0.1, 0.15) is 23.6 Å². The molecule has 1 aliphatic rings. The number of aryl methyl sites for hydroxylation is 1. The highest BCUT2D eigenvalue weighted by molar-refractivity contribution is 5.73. The van der Waals surface area contributed by atoms with E-state index in [4.69, 9.17) is 24.2 Å². The second-order valence-electron chi connectivity index (χ2n) is 8.45. The Kier molecular flexibility index (Phi) is 11.5. The number of carboxylic acid groups (broad SMARTS) is 2. The first kappa shape index (κ1) is 32.1. The fraction of sp³-hybridized carbons (Fsp3) is 0.435. The predicted molar refractivity (Wildman–Crippen MR) is 126 cm³/mol. The molecule has 1 atom stereocenters. The van der Waals surface area contributed by atoms with Crippen LogP contribution in [0.2, 0.25) is 0 Å². The molecule has 0 aromatic carbocycles. The molecular formula is C23H26F6N6O5. The summed E-state index contributed by atoms with van der Waals surface area (Å²) >= 11 is 0. The molecule has 0 aliphatic carbocycles. The Hall–Kier alpha value is -4.15. The van der Waals surface area contributed by atoms with Gasteiger partial charge in [0.25, 0.3) is 0 Å². The number of aliphatic carboxylic acids is 2. The van der Waals surface area contributed by atoms with Crippen LogP contribution < -0.4 is 5.32 Å². The van der Waals surface area contributed by atoms with E-state index < -0.39 is 24.3 Å². The zero-order chi connectivity index (χ0) is 29.9. The molecule has 1 aliphatic heterocycles. The van der Waals surface area contributed by atoms with Crippen molar-refractivity contribution in [1.82, 2.24) is 24.6 Å². The molecule has 0 amide bonds. The molecule has 0 saturated heterocycles. The van der Waals surface area contributed by atoms with E-state index in [2.05, 4.69) is 42.1 Å². The van der Waals surface area contributed by atoms with Crippen LogP contribution in [0.4, 0.5) is 32.3 Å². The Bertz CT molecular complexity index is 1190. The molecule has 0 spiro atoms. The van der Waals surface area contributed by atoms with Crippen LogP contribution in [0.3, 0.4) is 0 Å². The standard InChI is InChI=1S/C19H24N6O.2C2HF3O2/c1-15-3-4-18(26-15)14-24-11-16(12-25-17(13-24)6-10-23-25)5-9-22-19-20-7-2-8-21-19;2*3-2(4,5)1(6)7/h2-4,6-8,10,16H,5,9,11-14H2,1H3,(H,20,21,22);2*(H,6,7). The van der Waals surface area contributed by atoms with Crippen molar-refractivity contribution in [3.63, 3.8) is 0 Å². The van der Waals surface area contributed by atoms with Gasteiger partial charge < -0.3 is 19.9 Å². The number of furan rings is 1. The highest BCUT2D eigenvalue weighted by Gasteiger charge is 2.38. The first-order chi connectivity index (χ1) is 18.6. The predicted octanol–water partition coefficient (Wildman–Crippen LogP) is 3.98. The minimum Gasteiger partial charge on any atom is -0.475 e. The van der Waals surface area contributed by atoms with Gasteiger partial charge in [0.2, 0.25) is 5.95 Å².